The molecular weight excluding hydrogens is 128 g/mol. The number of aliphatic hydroxyl groups excluding tert-OH is 1. The number of nitrogens with zero attached hydrogens (tertiary/aromatic N) is 1. The van der Waals surface area contributed by atoms with E-state index in [1.165, 1.54) is 0 Å². The molecule has 0 amide bonds. The van der Waals surface area contributed by atoms with E-state index in [-0.39, 0.29) is 12.0 Å². The summed E-state index contributed by atoms with van der Waals surface area (Å²) in [7, 11) is 0. The summed E-state index contributed by atoms with van der Waals surface area (Å²) < 4.78 is 0. The minimum Gasteiger partial charge on any atom is -0.390 e. The molecule has 0 radical (unpaired) electrons. The highest BCUT2D eigenvalue weighted by Crippen LogP contribution is 2.22. The van der Waals surface area contributed by atoms with Crippen LogP contribution in [0, 0.1) is 17.2 Å². The Morgan fingerprint density at radius 2 is 2.20 bits per heavy atom. The van der Waals surface area contributed by atoms with Crippen molar-refractivity contribution in [1.29, 1.82) is 5.26 Å². The highest BCUT2D eigenvalue weighted by atomic mass is 16.3. The van der Waals surface area contributed by atoms with Gasteiger partial charge in [0.2, 0.25) is 0 Å². The lowest BCUT2D eigenvalue weighted by Crippen LogP contribution is -2.42. The monoisotopic (exact) mass is 140 g/mol. The second-order valence-corrected chi connectivity index (χ2v) is 2.82. The van der Waals surface area contributed by atoms with Gasteiger partial charge < -0.3 is 10.8 Å². The predicted molar refractivity (Wildman–Crippen MR) is 36.9 cm³/mol. The lowest BCUT2D eigenvalue weighted by Gasteiger charge is -2.27. The van der Waals surface area contributed by atoms with Crippen LogP contribution in [-0.2, 0) is 0 Å². The Bertz CT molecular complexity index is 152. The molecule has 1 rings (SSSR count). The number of aliphatic hydroxyl groups is 1. The molecule has 0 saturated heterocycles. The Morgan fingerprint density at radius 3 is 2.70 bits per heavy atom. The SMILES string of the molecule is N#C[C@@H]1CCC[C@@H](N)[C@H]1O. The fraction of sp³-hybridized carbons (Fsp3) is 0.857. The smallest absolute Gasteiger partial charge is 0.0848 e. The van der Waals surface area contributed by atoms with Gasteiger partial charge in [-0.25, -0.2) is 0 Å². The molecule has 3 nitrogen and oxygen atoms in total. The zero-order valence-corrected chi connectivity index (χ0v) is 5.83. The third-order valence-electron chi connectivity index (χ3n) is 2.07. The van der Waals surface area contributed by atoms with E-state index in [9.17, 15) is 5.11 Å². The highest BCUT2D eigenvalue weighted by Gasteiger charge is 2.28. The summed E-state index contributed by atoms with van der Waals surface area (Å²) in [5.41, 5.74) is 5.54. The fourth-order valence-corrected chi connectivity index (χ4v) is 1.35. The minimum atomic E-state index is -0.598. The molecule has 0 aliphatic heterocycles. The van der Waals surface area contributed by atoms with E-state index in [4.69, 9.17) is 11.0 Å². The summed E-state index contributed by atoms with van der Waals surface area (Å²) in [6.45, 7) is 0. The average molecular weight is 140 g/mol. The topological polar surface area (TPSA) is 70.0 Å². The van der Waals surface area contributed by atoms with Crippen LogP contribution in [0.3, 0.4) is 0 Å². The van der Waals surface area contributed by atoms with Crippen molar-refractivity contribution in [3.63, 3.8) is 0 Å². The summed E-state index contributed by atoms with van der Waals surface area (Å²) in [6, 6.07) is 1.87. The average Bonchev–Trinajstić information content (AvgIpc) is 1.95. The van der Waals surface area contributed by atoms with Crippen molar-refractivity contribution >= 4 is 0 Å². The quantitative estimate of drug-likeness (QED) is 0.497. The van der Waals surface area contributed by atoms with Gasteiger partial charge in [0.15, 0.2) is 0 Å². The van der Waals surface area contributed by atoms with E-state index < -0.39 is 6.10 Å². The summed E-state index contributed by atoms with van der Waals surface area (Å²) in [4.78, 5) is 0. The Labute approximate surface area is 60.4 Å². The van der Waals surface area contributed by atoms with Gasteiger partial charge in [-0.3, -0.25) is 0 Å². The van der Waals surface area contributed by atoms with Crippen molar-refractivity contribution in [1.82, 2.24) is 0 Å². The second kappa shape index (κ2) is 3.00. The lowest BCUT2D eigenvalue weighted by molar-refractivity contribution is 0.0759. The van der Waals surface area contributed by atoms with Gasteiger partial charge in [-0.15, -0.1) is 0 Å². The summed E-state index contributed by atoms with van der Waals surface area (Å²) in [5.74, 6) is -0.233. The minimum absolute atomic E-state index is 0.182. The third kappa shape index (κ3) is 1.28. The van der Waals surface area contributed by atoms with Crippen LogP contribution in [-0.4, -0.2) is 17.3 Å². The summed E-state index contributed by atoms with van der Waals surface area (Å²) >= 11 is 0. The zero-order valence-electron chi connectivity index (χ0n) is 5.83. The Hall–Kier alpha value is -0.590. The standard InChI is InChI=1S/C7H12N2O/c8-4-5-2-1-3-6(9)7(5)10/h5-7,10H,1-3,9H2/t5-,6+,7-/m0/s1. The summed E-state index contributed by atoms with van der Waals surface area (Å²) in [6.07, 6.45) is 2.01. The van der Waals surface area contributed by atoms with Crippen LogP contribution >= 0.6 is 0 Å². The first-order valence-corrected chi connectivity index (χ1v) is 3.59. The first-order valence-electron chi connectivity index (χ1n) is 3.59. The van der Waals surface area contributed by atoms with Crippen molar-refractivity contribution in [2.75, 3.05) is 0 Å². The molecule has 1 saturated carbocycles. The van der Waals surface area contributed by atoms with Crippen LogP contribution < -0.4 is 5.73 Å². The van der Waals surface area contributed by atoms with E-state index in [1.54, 1.807) is 0 Å². The molecule has 0 aromatic rings. The normalized spacial score (nSPS) is 40.7. The first-order chi connectivity index (χ1) is 4.75. The van der Waals surface area contributed by atoms with Gasteiger partial charge >= 0.3 is 0 Å². The van der Waals surface area contributed by atoms with E-state index in [1.807, 2.05) is 0 Å². The Kier molecular flexibility index (Phi) is 2.25. The molecule has 56 valence electrons. The molecule has 10 heavy (non-hydrogen) atoms. The maximum absolute atomic E-state index is 9.29. The van der Waals surface area contributed by atoms with Gasteiger partial charge in [0.05, 0.1) is 18.1 Å². The molecule has 0 aromatic heterocycles. The number of nitriles is 1. The number of hydrogen-bond acceptors (Lipinski definition) is 3. The fourth-order valence-electron chi connectivity index (χ4n) is 1.35. The molecule has 3 heteroatoms. The molecule has 0 unspecified atom stereocenters. The van der Waals surface area contributed by atoms with Crippen LogP contribution in [0.5, 0.6) is 0 Å². The Morgan fingerprint density at radius 1 is 1.50 bits per heavy atom. The van der Waals surface area contributed by atoms with Gasteiger partial charge in [-0.2, -0.15) is 5.26 Å². The van der Waals surface area contributed by atoms with Crippen molar-refractivity contribution in [2.24, 2.45) is 11.7 Å². The van der Waals surface area contributed by atoms with Gasteiger partial charge in [-0.1, -0.05) is 6.42 Å². The summed E-state index contributed by atoms with van der Waals surface area (Å²) in [5, 5.41) is 17.8. The zero-order chi connectivity index (χ0) is 7.56. The molecule has 0 spiro atoms. The maximum atomic E-state index is 9.29. The number of hydrogen-bond donors (Lipinski definition) is 2. The first kappa shape index (κ1) is 7.52. The predicted octanol–water partition coefficient (Wildman–Crippen LogP) is -0.00172. The largest absolute Gasteiger partial charge is 0.390 e. The van der Waals surface area contributed by atoms with E-state index >= 15 is 0 Å². The number of nitrogens with two attached hydrogens (primary N) is 1. The molecule has 1 aliphatic carbocycles. The van der Waals surface area contributed by atoms with Crippen molar-refractivity contribution < 1.29 is 5.11 Å². The molecule has 3 atom stereocenters. The third-order valence-corrected chi connectivity index (χ3v) is 2.07. The molecule has 0 heterocycles. The highest BCUT2D eigenvalue weighted by molar-refractivity contribution is 4.95. The van der Waals surface area contributed by atoms with Gasteiger partial charge in [0.25, 0.3) is 0 Å². The number of rotatable bonds is 0. The Balaban J connectivity index is 2.53. The van der Waals surface area contributed by atoms with Crippen LogP contribution in [0.4, 0.5) is 0 Å². The lowest BCUT2D eigenvalue weighted by atomic mass is 9.84. The molecular formula is C7H12N2O. The van der Waals surface area contributed by atoms with Crippen molar-refractivity contribution in [2.45, 2.75) is 31.4 Å². The van der Waals surface area contributed by atoms with E-state index in [0.717, 1.165) is 19.3 Å². The van der Waals surface area contributed by atoms with E-state index in [0.29, 0.717) is 0 Å². The van der Waals surface area contributed by atoms with Crippen LogP contribution in [0.15, 0.2) is 0 Å². The molecule has 0 aromatic carbocycles. The second-order valence-electron chi connectivity index (χ2n) is 2.82. The van der Waals surface area contributed by atoms with Gasteiger partial charge in [-0.05, 0) is 12.8 Å². The van der Waals surface area contributed by atoms with Crippen molar-refractivity contribution in [3.8, 4) is 6.07 Å². The van der Waals surface area contributed by atoms with E-state index in [2.05, 4.69) is 6.07 Å². The van der Waals surface area contributed by atoms with Crippen LogP contribution in [0.2, 0.25) is 0 Å². The maximum Gasteiger partial charge on any atom is 0.0848 e. The molecule has 1 aliphatic rings. The van der Waals surface area contributed by atoms with Crippen molar-refractivity contribution in [3.05, 3.63) is 0 Å². The molecule has 3 N–H and O–H groups in total. The van der Waals surface area contributed by atoms with Gasteiger partial charge in [0.1, 0.15) is 0 Å². The van der Waals surface area contributed by atoms with Crippen LogP contribution in [0.25, 0.3) is 0 Å². The molecule has 1 fully saturated rings. The van der Waals surface area contributed by atoms with Crippen LogP contribution in [0.1, 0.15) is 19.3 Å². The molecule has 0 bridgehead atoms. The van der Waals surface area contributed by atoms with Gasteiger partial charge in [0, 0.05) is 6.04 Å².